The van der Waals surface area contributed by atoms with Crippen molar-refractivity contribution in [3.05, 3.63) is 82.4 Å². The molecule has 0 amide bonds. The number of carbonyl (C=O) groups is 1. The third-order valence-corrected chi connectivity index (χ3v) is 5.71. The van der Waals surface area contributed by atoms with Crippen LogP contribution in [0.5, 0.6) is 11.6 Å². The second-order valence-corrected chi connectivity index (χ2v) is 7.86. The number of pyridine rings is 1. The van der Waals surface area contributed by atoms with E-state index in [2.05, 4.69) is 20.2 Å². The van der Waals surface area contributed by atoms with E-state index in [-0.39, 0.29) is 29.4 Å². The zero-order valence-electron chi connectivity index (χ0n) is 17.5. The Morgan fingerprint density at radius 3 is 2.91 bits per heavy atom. The maximum atomic E-state index is 15.3. The van der Waals surface area contributed by atoms with Crippen molar-refractivity contribution in [1.82, 2.24) is 20.2 Å². The van der Waals surface area contributed by atoms with Gasteiger partial charge in [0.25, 0.3) is 0 Å². The molecule has 33 heavy (non-hydrogen) atoms. The van der Waals surface area contributed by atoms with Crippen molar-refractivity contribution in [2.24, 2.45) is 0 Å². The van der Waals surface area contributed by atoms with E-state index in [1.54, 1.807) is 6.07 Å². The molecule has 7 nitrogen and oxygen atoms in total. The summed E-state index contributed by atoms with van der Waals surface area (Å²) < 4.78 is 26.2. The SMILES string of the molecule is COc1n[nH]c2ncc(CC(=O)c3c(Cl)ccc(OCc4cccc5[nH]ccc45)c3F)cc12. The summed E-state index contributed by atoms with van der Waals surface area (Å²) in [6.45, 7) is 0.141. The van der Waals surface area contributed by atoms with Crippen molar-refractivity contribution in [2.45, 2.75) is 13.0 Å². The lowest BCUT2D eigenvalue weighted by Gasteiger charge is -2.12. The van der Waals surface area contributed by atoms with Crippen molar-refractivity contribution in [2.75, 3.05) is 7.11 Å². The van der Waals surface area contributed by atoms with Crippen LogP contribution < -0.4 is 9.47 Å². The molecule has 166 valence electrons. The molecule has 0 aliphatic carbocycles. The summed E-state index contributed by atoms with van der Waals surface area (Å²) in [5, 5.41) is 8.38. The minimum Gasteiger partial charge on any atom is -0.486 e. The predicted octanol–water partition coefficient (Wildman–Crippen LogP) is 5.24. The fourth-order valence-corrected chi connectivity index (χ4v) is 4.03. The van der Waals surface area contributed by atoms with Crippen LogP contribution in [0.3, 0.4) is 0 Å². The van der Waals surface area contributed by atoms with Gasteiger partial charge in [-0.15, -0.1) is 5.10 Å². The van der Waals surface area contributed by atoms with Gasteiger partial charge in [0.1, 0.15) is 6.61 Å². The van der Waals surface area contributed by atoms with Gasteiger partial charge >= 0.3 is 0 Å². The average molecular weight is 465 g/mol. The van der Waals surface area contributed by atoms with Gasteiger partial charge < -0.3 is 14.5 Å². The van der Waals surface area contributed by atoms with E-state index in [1.807, 2.05) is 30.5 Å². The predicted molar refractivity (Wildman–Crippen MR) is 123 cm³/mol. The molecule has 0 aliphatic rings. The lowest BCUT2D eigenvalue weighted by atomic mass is 10.0. The third-order valence-electron chi connectivity index (χ3n) is 5.40. The Kier molecular flexibility index (Phi) is 5.43. The highest BCUT2D eigenvalue weighted by Gasteiger charge is 2.21. The van der Waals surface area contributed by atoms with E-state index in [4.69, 9.17) is 21.1 Å². The Morgan fingerprint density at radius 2 is 2.06 bits per heavy atom. The Bertz CT molecular complexity index is 1490. The van der Waals surface area contributed by atoms with Crippen LogP contribution in [0.4, 0.5) is 4.39 Å². The number of nitrogens with zero attached hydrogens (tertiary/aromatic N) is 2. The van der Waals surface area contributed by atoms with Crippen LogP contribution in [0.2, 0.25) is 5.02 Å². The number of halogens is 2. The summed E-state index contributed by atoms with van der Waals surface area (Å²) in [5.74, 6) is -0.952. The number of hydrogen-bond donors (Lipinski definition) is 2. The van der Waals surface area contributed by atoms with E-state index in [9.17, 15) is 4.79 Å². The fourth-order valence-electron chi connectivity index (χ4n) is 3.78. The number of benzene rings is 2. The standard InChI is InChI=1S/C24H18ClFN4O3/c1-32-24-16-9-13(11-28-23(16)29-30-24)10-19(31)21-17(25)5-6-20(22(21)26)33-12-14-3-2-4-18-15(14)7-8-27-18/h2-9,11,27H,10,12H2,1H3,(H,28,29,30). The highest BCUT2D eigenvalue weighted by atomic mass is 35.5. The number of nitrogens with one attached hydrogen (secondary N) is 2. The molecule has 0 aliphatic heterocycles. The fraction of sp³-hybridized carbons (Fsp3) is 0.125. The number of H-pyrrole nitrogens is 2. The van der Waals surface area contributed by atoms with Crippen LogP contribution in [0.25, 0.3) is 21.9 Å². The van der Waals surface area contributed by atoms with Crippen LogP contribution in [0, 0.1) is 5.82 Å². The van der Waals surface area contributed by atoms with Crippen molar-refractivity contribution >= 4 is 39.3 Å². The Hall–Kier alpha value is -3.91. The van der Waals surface area contributed by atoms with E-state index in [1.165, 1.54) is 25.4 Å². The molecule has 2 aromatic carbocycles. The minimum atomic E-state index is -0.788. The number of rotatable bonds is 7. The molecule has 9 heteroatoms. The second kappa shape index (κ2) is 8.55. The Morgan fingerprint density at radius 1 is 1.18 bits per heavy atom. The van der Waals surface area contributed by atoms with Crippen LogP contribution in [-0.2, 0) is 13.0 Å². The minimum absolute atomic E-state index is 0.0208. The largest absolute Gasteiger partial charge is 0.486 e. The third kappa shape index (κ3) is 3.89. The van der Waals surface area contributed by atoms with E-state index < -0.39 is 11.6 Å². The summed E-state index contributed by atoms with van der Waals surface area (Å²) in [4.78, 5) is 20.4. The van der Waals surface area contributed by atoms with Gasteiger partial charge in [-0.25, -0.2) is 9.37 Å². The number of Topliss-reactive ketones (excluding diaryl/α,β-unsaturated/α-hetero) is 1. The van der Waals surface area contributed by atoms with Gasteiger partial charge in [0.2, 0.25) is 5.88 Å². The van der Waals surface area contributed by atoms with E-state index in [0.717, 1.165) is 16.5 Å². The first-order valence-corrected chi connectivity index (χ1v) is 10.5. The van der Waals surface area contributed by atoms with Crippen molar-refractivity contribution in [1.29, 1.82) is 0 Å². The molecule has 5 aromatic rings. The number of methoxy groups -OCH3 is 1. The highest BCUT2D eigenvalue weighted by molar-refractivity contribution is 6.34. The molecular weight excluding hydrogens is 447 g/mol. The van der Waals surface area contributed by atoms with Gasteiger partial charge in [-0.3, -0.25) is 9.89 Å². The lowest BCUT2D eigenvalue weighted by Crippen LogP contribution is -2.09. The normalized spacial score (nSPS) is 11.2. The molecule has 0 spiro atoms. The number of aromatic amines is 2. The summed E-state index contributed by atoms with van der Waals surface area (Å²) in [5.41, 5.74) is 2.74. The summed E-state index contributed by atoms with van der Waals surface area (Å²) >= 11 is 6.20. The molecule has 0 saturated carbocycles. The highest BCUT2D eigenvalue weighted by Crippen LogP contribution is 2.30. The zero-order valence-corrected chi connectivity index (χ0v) is 18.2. The van der Waals surface area contributed by atoms with Crippen LogP contribution in [-0.4, -0.2) is 33.1 Å². The van der Waals surface area contributed by atoms with Gasteiger partial charge in [-0.2, -0.15) is 0 Å². The molecular formula is C24H18ClFN4O3. The summed E-state index contributed by atoms with van der Waals surface area (Å²) in [6, 6.07) is 12.3. The molecule has 0 atom stereocenters. The zero-order chi connectivity index (χ0) is 22.9. The lowest BCUT2D eigenvalue weighted by molar-refractivity contribution is 0.0988. The van der Waals surface area contributed by atoms with Crippen molar-refractivity contribution in [3.8, 4) is 11.6 Å². The van der Waals surface area contributed by atoms with Gasteiger partial charge in [0.05, 0.1) is 23.1 Å². The van der Waals surface area contributed by atoms with Gasteiger partial charge in [-0.1, -0.05) is 23.7 Å². The Labute approximate surface area is 192 Å². The maximum Gasteiger partial charge on any atom is 0.241 e. The molecule has 0 unspecified atom stereocenters. The first-order chi connectivity index (χ1) is 16.0. The van der Waals surface area contributed by atoms with Crippen LogP contribution in [0.1, 0.15) is 21.5 Å². The number of ether oxygens (including phenoxy) is 2. The molecule has 0 fully saturated rings. The number of carbonyl (C=O) groups excluding carboxylic acids is 1. The van der Waals surface area contributed by atoms with Gasteiger partial charge in [-0.05, 0) is 41.5 Å². The molecule has 0 bridgehead atoms. The van der Waals surface area contributed by atoms with Gasteiger partial charge in [0, 0.05) is 29.7 Å². The van der Waals surface area contributed by atoms with Crippen LogP contribution >= 0.6 is 11.6 Å². The van der Waals surface area contributed by atoms with E-state index in [0.29, 0.717) is 22.5 Å². The number of hydrogen-bond acceptors (Lipinski definition) is 5. The quantitative estimate of drug-likeness (QED) is 0.321. The van der Waals surface area contributed by atoms with Gasteiger partial charge in [0.15, 0.2) is 23.0 Å². The Balaban J connectivity index is 1.39. The average Bonchev–Trinajstić information content (AvgIpc) is 3.45. The summed E-state index contributed by atoms with van der Waals surface area (Å²) in [6.07, 6.45) is 3.26. The topological polar surface area (TPSA) is 92.9 Å². The van der Waals surface area contributed by atoms with E-state index >= 15 is 4.39 Å². The monoisotopic (exact) mass is 464 g/mol. The van der Waals surface area contributed by atoms with Crippen molar-refractivity contribution < 1.29 is 18.7 Å². The molecule has 3 heterocycles. The molecule has 3 aromatic heterocycles. The molecule has 0 saturated heterocycles. The maximum absolute atomic E-state index is 15.3. The second-order valence-electron chi connectivity index (χ2n) is 7.45. The van der Waals surface area contributed by atoms with Crippen LogP contribution in [0.15, 0.2) is 54.9 Å². The molecule has 0 radical (unpaired) electrons. The molecule has 2 N–H and O–H groups in total. The number of fused-ring (bicyclic) bond motifs is 2. The summed E-state index contributed by atoms with van der Waals surface area (Å²) in [7, 11) is 1.49. The van der Waals surface area contributed by atoms with Crippen molar-refractivity contribution in [3.63, 3.8) is 0 Å². The molecule has 5 rings (SSSR count). The first-order valence-electron chi connectivity index (χ1n) is 10.1. The number of aromatic nitrogens is 4. The number of ketones is 1. The smallest absolute Gasteiger partial charge is 0.241 e. The first kappa shape index (κ1) is 21.0.